The first-order valence-electron chi connectivity index (χ1n) is 10.2. The number of benzene rings is 1. The lowest BCUT2D eigenvalue weighted by Crippen LogP contribution is -2.34. The molecule has 1 atom stereocenters. The van der Waals surface area contributed by atoms with Crippen molar-refractivity contribution in [2.24, 2.45) is 0 Å². The van der Waals surface area contributed by atoms with Crippen LogP contribution in [0.25, 0.3) is 11.3 Å². The number of anilines is 2. The molecule has 4 rings (SSSR count). The van der Waals surface area contributed by atoms with Gasteiger partial charge in [0.05, 0.1) is 30.3 Å². The molecule has 0 spiro atoms. The minimum absolute atomic E-state index is 0.0390. The fourth-order valence-electron chi connectivity index (χ4n) is 3.35. The highest BCUT2D eigenvalue weighted by molar-refractivity contribution is 6.02. The van der Waals surface area contributed by atoms with E-state index in [4.69, 9.17) is 9.84 Å². The third kappa shape index (κ3) is 5.24. The van der Waals surface area contributed by atoms with E-state index in [0.29, 0.717) is 24.5 Å². The molecule has 9 nitrogen and oxygen atoms in total. The maximum Gasteiger partial charge on any atom is 0.416 e. The summed E-state index contributed by atoms with van der Waals surface area (Å²) < 4.78 is 44.5. The van der Waals surface area contributed by atoms with E-state index in [1.165, 1.54) is 29.4 Å². The average Bonchev–Trinajstić information content (AvgIpc) is 3.26. The molecule has 1 aromatic carbocycles. The monoisotopic (exact) mass is 475 g/mol. The highest BCUT2D eigenvalue weighted by atomic mass is 19.4. The second kappa shape index (κ2) is 9.61. The number of aromatic nitrogens is 3. The third-order valence-electron chi connectivity index (χ3n) is 5.03. The van der Waals surface area contributed by atoms with Gasteiger partial charge < -0.3 is 14.9 Å². The number of nitrogens with one attached hydrogen (secondary N) is 1. The van der Waals surface area contributed by atoms with E-state index in [9.17, 15) is 23.1 Å². The number of nitrogens with zero attached hydrogens (tertiary/aromatic N) is 4. The predicted octanol–water partition coefficient (Wildman–Crippen LogP) is 2.88. The van der Waals surface area contributed by atoms with Crippen LogP contribution < -0.4 is 15.0 Å². The SMILES string of the molecule is O=C(Nc1cncc(OCC(O)CO)n1)N1CCc2ccc(-c3cccc(C(F)(F)F)c3)nc21. The molecule has 12 heteroatoms. The van der Waals surface area contributed by atoms with Crippen molar-refractivity contribution in [3.05, 3.63) is 59.9 Å². The van der Waals surface area contributed by atoms with Gasteiger partial charge in [-0.15, -0.1) is 0 Å². The molecule has 3 heterocycles. The number of rotatable bonds is 6. The molecule has 3 aromatic rings. The van der Waals surface area contributed by atoms with E-state index in [1.807, 2.05) is 0 Å². The Morgan fingerprint density at radius 2 is 2.03 bits per heavy atom. The van der Waals surface area contributed by atoms with Gasteiger partial charge in [0.15, 0.2) is 5.82 Å². The molecule has 0 saturated heterocycles. The lowest BCUT2D eigenvalue weighted by Gasteiger charge is -2.18. The lowest BCUT2D eigenvalue weighted by atomic mass is 10.1. The number of fused-ring (bicyclic) bond motifs is 1. The fourth-order valence-corrected chi connectivity index (χ4v) is 3.35. The number of aliphatic hydroxyl groups excluding tert-OH is 2. The number of amides is 2. The molecule has 3 N–H and O–H groups in total. The summed E-state index contributed by atoms with van der Waals surface area (Å²) in [6.45, 7) is -0.357. The molecule has 2 amide bonds. The van der Waals surface area contributed by atoms with Crippen LogP contribution >= 0.6 is 0 Å². The maximum absolute atomic E-state index is 13.1. The van der Waals surface area contributed by atoms with Crippen LogP contribution in [0.15, 0.2) is 48.8 Å². The minimum Gasteiger partial charge on any atom is -0.474 e. The Bertz CT molecular complexity index is 1190. The van der Waals surface area contributed by atoms with Crippen molar-refractivity contribution in [2.45, 2.75) is 18.7 Å². The molecule has 34 heavy (non-hydrogen) atoms. The zero-order chi connectivity index (χ0) is 24.3. The standard InChI is InChI=1S/C22H20F3N5O4/c23-22(24,25)15-3-1-2-14(8-15)17-5-4-13-6-7-30(20(13)27-17)21(33)29-18-9-26-10-19(28-18)34-12-16(32)11-31/h1-5,8-10,16,31-32H,6-7,11-12H2,(H,28,29,33). The van der Waals surface area contributed by atoms with Crippen LogP contribution in [0.4, 0.5) is 29.6 Å². The van der Waals surface area contributed by atoms with Gasteiger partial charge in [0.25, 0.3) is 0 Å². The topological polar surface area (TPSA) is 121 Å². The summed E-state index contributed by atoms with van der Waals surface area (Å²) in [6.07, 6.45) is -2.44. The van der Waals surface area contributed by atoms with Crippen LogP contribution in [-0.4, -0.2) is 57.1 Å². The summed E-state index contributed by atoms with van der Waals surface area (Å²) >= 11 is 0. The molecule has 1 unspecified atom stereocenters. The minimum atomic E-state index is -4.48. The third-order valence-corrected chi connectivity index (χ3v) is 5.03. The number of alkyl halides is 3. The number of hydrogen-bond donors (Lipinski definition) is 3. The molecule has 178 valence electrons. The first-order valence-corrected chi connectivity index (χ1v) is 10.2. The van der Waals surface area contributed by atoms with Gasteiger partial charge in [0.2, 0.25) is 5.88 Å². The van der Waals surface area contributed by atoms with E-state index in [1.54, 1.807) is 12.1 Å². The van der Waals surface area contributed by atoms with Gasteiger partial charge >= 0.3 is 12.2 Å². The normalized spacial score (nSPS) is 14.0. The van der Waals surface area contributed by atoms with Gasteiger partial charge in [-0.3, -0.25) is 15.2 Å². The van der Waals surface area contributed by atoms with Crippen LogP contribution in [0.5, 0.6) is 5.88 Å². The van der Waals surface area contributed by atoms with Crippen molar-refractivity contribution >= 4 is 17.7 Å². The first kappa shape index (κ1) is 23.4. The van der Waals surface area contributed by atoms with E-state index < -0.39 is 30.5 Å². The number of carbonyl (C=O) groups excluding carboxylic acids is 1. The zero-order valence-electron chi connectivity index (χ0n) is 17.7. The predicted molar refractivity (Wildman–Crippen MR) is 115 cm³/mol. The van der Waals surface area contributed by atoms with Crippen molar-refractivity contribution in [1.29, 1.82) is 0 Å². The van der Waals surface area contributed by atoms with Crippen LogP contribution in [0, 0.1) is 0 Å². The average molecular weight is 475 g/mol. The molecular weight excluding hydrogens is 455 g/mol. The summed E-state index contributed by atoms with van der Waals surface area (Å²) in [5.41, 5.74) is 0.592. The molecule has 0 saturated carbocycles. The van der Waals surface area contributed by atoms with Crippen molar-refractivity contribution in [3.8, 4) is 17.1 Å². The fraction of sp³-hybridized carbons (Fsp3) is 0.273. The number of ether oxygens (including phenoxy) is 1. The van der Waals surface area contributed by atoms with Gasteiger partial charge in [-0.2, -0.15) is 18.2 Å². The van der Waals surface area contributed by atoms with E-state index in [0.717, 1.165) is 17.7 Å². The molecular formula is C22H20F3N5O4. The molecule has 1 aliphatic heterocycles. The highest BCUT2D eigenvalue weighted by Gasteiger charge is 2.31. The van der Waals surface area contributed by atoms with Crippen LogP contribution in [0.2, 0.25) is 0 Å². The number of halogens is 3. The molecule has 2 aromatic heterocycles. The largest absolute Gasteiger partial charge is 0.474 e. The quantitative estimate of drug-likeness (QED) is 0.501. The molecule has 0 bridgehead atoms. The first-order chi connectivity index (χ1) is 16.2. The van der Waals surface area contributed by atoms with Crippen molar-refractivity contribution in [1.82, 2.24) is 15.0 Å². The van der Waals surface area contributed by atoms with Crippen molar-refractivity contribution in [2.75, 3.05) is 30.0 Å². The number of urea groups is 1. The summed E-state index contributed by atoms with van der Waals surface area (Å²) in [5.74, 6) is 0.472. The van der Waals surface area contributed by atoms with Crippen LogP contribution in [0.3, 0.4) is 0 Å². The van der Waals surface area contributed by atoms with Crippen molar-refractivity contribution in [3.63, 3.8) is 0 Å². The van der Waals surface area contributed by atoms with Gasteiger partial charge in [-0.1, -0.05) is 18.2 Å². The maximum atomic E-state index is 13.1. The highest BCUT2D eigenvalue weighted by Crippen LogP contribution is 2.34. The van der Waals surface area contributed by atoms with Gasteiger partial charge in [-0.05, 0) is 30.2 Å². The molecule has 0 radical (unpaired) electrons. The van der Waals surface area contributed by atoms with Gasteiger partial charge in [-0.25, -0.2) is 9.78 Å². The van der Waals surface area contributed by atoms with Crippen LogP contribution in [-0.2, 0) is 12.6 Å². The Kier molecular flexibility index (Phi) is 6.61. The Balaban J connectivity index is 1.52. The zero-order valence-corrected chi connectivity index (χ0v) is 17.7. The second-order valence-corrected chi connectivity index (χ2v) is 7.48. The number of aliphatic hydroxyl groups is 2. The second-order valence-electron chi connectivity index (χ2n) is 7.48. The molecule has 0 aliphatic carbocycles. The smallest absolute Gasteiger partial charge is 0.416 e. The lowest BCUT2D eigenvalue weighted by molar-refractivity contribution is -0.137. The Hall–Kier alpha value is -3.77. The Morgan fingerprint density at radius 3 is 2.79 bits per heavy atom. The van der Waals surface area contributed by atoms with E-state index in [-0.39, 0.29) is 23.9 Å². The summed E-state index contributed by atoms with van der Waals surface area (Å²) in [6, 6.07) is 7.66. The summed E-state index contributed by atoms with van der Waals surface area (Å²) in [5, 5.41) is 20.8. The van der Waals surface area contributed by atoms with E-state index in [2.05, 4.69) is 20.3 Å². The summed E-state index contributed by atoms with van der Waals surface area (Å²) in [4.78, 5) is 26.7. The molecule has 1 aliphatic rings. The summed E-state index contributed by atoms with van der Waals surface area (Å²) in [7, 11) is 0. The number of hydrogen-bond acceptors (Lipinski definition) is 7. The number of pyridine rings is 1. The Morgan fingerprint density at radius 1 is 1.21 bits per heavy atom. The number of carbonyl (C=O) groups is 1. The van der Waals surface area contributed by atoms with Crippen LogP contribution in [0.1, 0.15) is 11.1 Å². The molecule has 0 fully saturated rings. The van der Waals surface area contributed by atoms with E-state index >= 15 is 0 Å². The van der Waals surface area contributed by atoms with Gasteiger partial charge in [0, 0.05) is 12.1 Å². The van der Waals surface area contributed by atoms with Crippen molar-refractivity contribution < 1.29 is 32.9 Å². The Labute approximate surface area is 191 Å². The van der Waals surface area contributed by atoms with Gasteiger partial charge in [0.1, 0.15) is 18.5 Å².